The molecule has 1 aromatic carbocycles. The van der Waals surface area contributed by atoms with Crippen LogP contribution in [0, 0.1) is 0 Å². The first-order valence-electron chi connectivity index (χ1n) is 9.77. The van der Waals surface area contributed by atoms with Crippen molar-refractivity contribution in [2.24, 2.45) is 4.99 Å². The molecule has 0 bridgehead atoms. The highest BCUT2D eigenvalue weighted by Gasteiger charge is 2.08. The lowest BCUT2D eigenvalue weighted by molar-refractivity contribution is 0.0827. The highest BCUT2D eigenvalue weighted by Crippen LogP contribution is 2.08. The number of hydrogen-bond donors (Lipinski definition) is 2. The van der Waals surface area contributed by atoms with Gasteiger partial charge in [-0.25, -0.2) is 9.67 Å². The van der Waals surface area contributed by atoms with Crippen LogP contribution in [0.5, 0.6) is 0 Å². The van der Waals surface area contributed by atoms with E-state index in [2.05, 4.69) is 25.7 Å². The predicted molar refractivity (Wildman–Crippen MR) is 118 cm³/mol. The molecule has 8 nitrogen and oxygen atoms in total. The van der Waals surface area contributed by atoms with Gasteiger partial charge in [0.25, 0.3) is 5.91 Å². The van der Waals surface area contributed by atoms with Crippen LogP contribution in [0.2, 0.25) is 0 Å². The van der Waals surface area contributed by atoms with Gasteiger partial charge in [0.15, 0.2) is 11.8 Å². The summed E-state index contributed by atoms with van der Waals surface area (Å²) in [6.07, 6.45) is 6.14. The van der Waals surface area contributed by atoms with E-state index < -0.39 is 0 Å². The minimum Gasteiger partial charge on any atom is -0.356 e. The van der Waals surface area contributed by atoms with Crippen LogP contribution < -0.4 is 10.6 Å². The molecule has 0 saturated heterocycles. The van der Waals surface area contributed by atoms with E-state index in [4.69, 9.17) is 0 Å². The lowest BCUT2D eigenvalue weighted by atomic mass is 10.1. The molecule has 0 aliphatic rings. The number of carbonyl (C=O) groups excluding carboxylic acids is 1. The van der Waals surface area contributed by atoms with Gasteiger partial charge in [0, 0.05) is 58.4 Å². The Labute approximate surface area is 176 Å². The van der Waals surface area contributed by atoms with Crippen LogP contribution in [-0.4, -0.2) is 59.2 Å². The molecule has 8 heteroatoms. The molecule has 2 aromatic heterocycles. The van der Waals surface area contributed by atoms with Crippen LogP contribution in [0.1, 0.15) is 21.5 Å². The molecule has 2 N–H and O–H groups in total. The van der Waals surface area contributed by atoms with Crippen LogP contribution in [0.15, 0.2) is 66.0 Å². The number of nitrogens with zero attached hydrogens (tertiary/aromatic N) is 5. The number of aromatic nitrogens is 3. The Morgan fingerprint density at radius 3 is 2.70 bits per heavy atom. The van der Waals surface area contributed by atoms with Gasteiger partial charge in [-0.15, -0.1) is 0 Å². The highest BCUT2D eigenvalue weighted by atomic mass is 16.2. The molecule has 0 spiro atoms. The Bertz CT molecular complexity index is 996. The second kappa shape index (κ2) is 10.2. The van der Waals surface area contributed by atoms with Gasteiger partial charge < -0.3 is 15.5 Å². The summed E-state index contributed by atoms with van der Waals surface area (Å²) >= 11 is 0. The van der Waals surface area contributed by atoms with Crippen molar-refractivity contribution in [2.45, 2.75) is 13.0 Å². The summed E-state index contributed by atoms with van der Waals surface area (Å²) in [5.41, 5.74) is 2.88. The Morgan fingerprint density at radius 2 is 1.97 bits per heavy atom. The fourth-order valence-electron chi connectivity index (χ4n) is 2.95. The second-order valence-electron chi connectivity index (χ2n) is 6.98. The number of guanidine groups is 1. The van der Waals surface area contributed by atoms with Crippen LogP contribution in [0.25, 0.3) is 5.82 Å². The summed E-state index contributed by atoms with van der Waals surface area (Å²) in [5, 5.41) is 10.8. The molecule has 3 rings (SSSR count). The van der Waals surface area contributed by atoms with Crippen LogP contribution >= 0.6 is 0 Å². The first kappa shape index (κ1) is 21.0. The molecule has 0 aliphatic heterocycles. The van der Waals surface area contributed by atoms with Crippen molar-refractivity contribution in [3.63, 3.8) is 0 Å². The molecule has 0 radical (unpaired) electrons. The van der Waals surface area contributed by atoms with Crippen molar-refractivity contribution in [2.75, 3.05) is 27.7 Å². The number of pyridine rings is 1. The van der Waals surface area contributed by atoms with Gasteiger partial charge in [-0.3, -0.25) is 9.79 Å². The molecular weight excluding hydrogens is 378 g/mol. The van der Waals surface area contributed by atoms with Crippen molar-refractivity contribution >= 4 is 11.9 Å². The minimum atomic E-state index is 0.00844. The second-order valence-corrected chi connectivity index (χ2v) is 6.98. The van der Waals surface area contributed by atoms with Crippen LogP contribution in [-0.2, 0) is 13.0 Å². The van der Waals surface area contributed by atoms with E-state index in [0.717, 1.165) is 23.4 Å². The van der Waals surface area contributed by atoms with Crippen LogP contribution in [0.4, 0.5) is 0 Å². The Morgan fingerprint density at radius 1 is 1.10 bits per heavy atom. The Balaban J connectivity index is 1.51. The molecule has 2 heterocycles. The summed E-state index contributed by atoms with van der Waals surface area (Å²) in [5.74, 6) is 1.50. The molecule has 3 aromatic rings. The lowest BCUT2D eigenvalue weighted by Gasteiger charge is -2.13. The van der Waals surface area contributed by atoms with E-state index in [1.54, 1.807) is 43.1 Å². The van der Waals surface area contributed by atoms with Gasteiger partial charge in [0.05, 0.1) is 0 Å². The third-order valence-electron chi connectivity index (χ3n) is 4.52. The SMILES string of the molecule is CN=C(NCCc1cccc(C(=O)N(C)C)c1)NCc1ccnc(-n2cccn2)c1. The molecular formula is C22H27N7O. The quantitative estimate of drug-likeness (QED) is 0.463. The van der Waals surface area contributed by atoms with Gasteiger partial charge in [0.1, 0.15) is 0 Å². The number of benzene rings is 1. The molecule has 30 heavy (non-hydrogen) atoms. The Hall–Kier alpha value is -3.68. The molecule has 0 unspecified atom stereocenters. The van der Waals surface area contributed by atoms with Crippen molar-refractivity contribution in [1.82, 2.24) is 30.3 Å². The summed E-state index contributed by atoms with van der Waals surface area (Å²) in [4.78, 5) is 22.3. The maximum atomic E-state index is 12.1. The summed E-state index contributed by atoms with van der Waals surface area (Å²) < 4.78 is 1.73. The molecule has 0 atom stereocenters. The molecule has 0 fully saturated rings. The number of nitrogens with one attached hydrogen (secondary N) is 2. The first-order valence-corrected chi connectivity index (χ1v) is 9.77. The smallest absolute Gasteiger partial charge is 0.253 e. The zero-order chi connectivity index (χ0) is 21.3. The monoisotopic (exact) mass is 405 g/mol. The largest absolute Gasteiger partial charge is 0.356 e. The van der Waals surface area contributed by atoms with E-state index in [1.165, 1.54) is 0 Å². The third kappa shape index (κ3) is 5.66. The minimum absolute atomic E-state index is 0.00844. The zero-order valence-electron chi connectivity index (χ0n) is 17.5. The summed E-state index contributed by atoms with van der Waals surface area (Å²) in [7, 11) is 5.26. The fraction of sp³-hybridized carbons (Fsp3) is 0.273. The molecule has 0 saturated carbocycles. The Kier molecular flexibility index (Phi) is 7.15. The zero-order valence-corrected chi connectivity index (χ0v) is 17.5. The normalized spacial score (nSPS) is 11.2. The summed E-state index contributed by atoms with van der Waals surface area (Å²) in [6.45, 7) is 1.32. The van der Waals surface area contributed by atoms with Crippen LogP contribution in [0.3, 0.4) is 0 Å². The van der Waals surface area contributed by atoms with Crippen molar-refractivity contribution in [3.8, 4) is 5.82 Å². The summed E-state index contributed by atoms with van der Waals surface area (Å²) in [6, 6.07) is 13.5. The average molecular weight is 406 g/mol. The van der Waals surface area contributed by atoms with E-state index in [0.29, 0.717) is 24.6 Å². The van der Waals surface area contributed by atoms with E-state index in [1.807, 2.05) is 48.7 Å². The number of aliphatic imine (C=N–C) groups is 1. The number of rotatable bonds is 7. The fourth-order valence-corrected chi connectivity index (χ4v) is 2.95. The first-order chi connectivity index (χ1) is 14.6. The number of amides is 1. The van der Waals surface area contributed by atoms with Crippen molar-refractivity contribution in [3.05, 3.63) is 77.7 Å². The van der Waals surface area contributed by atoms with Gasteiger partial charge >= 0.3 is 0 Å². The van der Waals surface area contributed by atoms with E-state index >= 15 is 0 Å². The molecule has 0 aliphatic carbocycles. The van der Waals surface area contributed by atoms with E-state index in [9.17, 15) is 4.79 Å². The maximum Gasteiger partial charge on any atom is 0.253 e. The highest BCUT2D eigenvalue weighted by molar-refractivity contribution is 5.94. The maximum absolute atomic E-state index is 12.1. The predicted octanol–water partition coefficient (Wildman–Crippen LogP) is 1.88. The topological polar surface area (TPSA) is 87.4 Å². The molecule has 156 valence electrons. The average Bonchev–Trinajstić information content (AvgIpc) is 3.31. The van der Waals surface area contributed by atoms with E-state index in [-0.39, 0.29) is 5.91 Å². The standard InChI is InChI=1S/C22H27N7O/c1-23-22(25-12-8-17-6-4-7-19(14-17)21(30)28(2)3)26-16-18-9-11-24-20(15-18)29-13-5-10-27-29/h4-7,9-11,13-15H,8,12,16H2,1-3H3,(H2,23,25,26). The van der Waals surface area contributed by atoms with Gasteiger partial charge in [-0.1, -0.05) is 12.1 Å². The van der Waals surface area contributed by atoms with Gasteiger partial charge in [0.2, 0.25) is 0 Å². The van der Waals surface area contributed by atoms with Gasteiger partial charge in [-0.2, -0.15) is 5.10 Å². The number of hydrogen-bond acceptors (Lipinski definition) is 4. The van der Waals surface area contributed by atoms with Gasteiger partial charge in [-0.05, 0) is 47.9 Å². The number of carbonyl (C=O) groups is 1. The van der Waals surface area contributed by atoms with Crippen molar-refractivity contribution in [1.29, 1.82) is 0 Å². The van der Waals surface area contributed by atoms with Crippen molar-refractivity contribution < 1.29 is 4.79 Å². The molecule has 1 amide bonds. The lowest BCUT2D eigenvalue weighted by Crippen LogP contribution is -2.37. The third-order valence-corrected chi connectivity index (χ3v) is 4.52.